The lowest BCUT2D eigenvalue weighted by Gasteiger charge is -2.44. The van der Waals surface area contributed by atoms with E-state index in [1.54, 1.807) is 0 Å². The van der Waals surface area contributed by atoms with Crippen molar-refractivity contribution in [3.8, 4) is 0 Å². The van der Waals surface area contributed by atoms with E-state index in [1.807, 2.05) is 18.2 Å². The van der Waals surface area contributed by atoms with E-state index in [0.29, 0.717) is 25.7 Å². The number of hydrogen-bond donors (Lipinski definition) is 0. The van der Waals surface area contributed by atoms with Gasteiger partial charge in [-0.1, -0.05) is 112 Å². The molecule has 0 aromatic heterocycles. The van der Waals surface area contributed by atoms with Crippen LogP contribution in [0.4, 0.5) is 0 Å². The summed E-state index contributed by atoms with van der Waals surface area (Å²) in [5.41, 5.74) is 1.17. The normalized spacial score (nSPS) is 19.8. The van der Waals surface area contributed by atoms with E-state index in [-0.39, 0.29) is 23.0 Å². The second-order valence-electron chi connectivity index (χ2n) is 11.5. The van der Waals surface area contributed by atoms with Crippen LogP contribution in [0.15, 0.2) is 91.0 Å². The summed E-state index contributed by atoms with van der Waals surface area (Å²) in [4.78, 5) is 11.9. The van der Waals surface area contributed by atoms with Gasteiger partial charge in [0.15, 0.2) is 0 Å². The Hall–Kier alpha value is -2.73. The topological polar surface area (TPSA) is 44.8 Å². The van der Waals surface area contributed by atoms with Crippen molar-refractivity contribution in [2.75, 3.05) is 13.2 Å². The molecule has 1 fully saturated rings. The van der Waals surface area contributed by atoms with Crippen LogP contribution in [0, 0.1) is 11.8 Å². The Morgan fingerprint density at radius 2 is 1.39 bits per heavy atom. The fourth-order valence-electron chi connectivity index (χ4n) is 6.08. The number of ether oxygens (including phenoxy) is 2. The molecule has 0 heterocycles. The molecular formula is C33H42O4Si. The first-order chi connectivity index (χ1) is 18.3. The van der Waals surface area contributed by atoms with E-state index in [0.717, 1.165) is 19.3 Å². The predicted octanol–water partition coefficient (Wildman–Crippen LogP) is 6.13. The van der Waals surface area contributed by atoms with Gasteiger partial charge in [0.1, 0.15) is 6.10 Å². The first kappa shape index (κ1) is 28.3. The Morgan fingerprint density at radius 3 is 1.92 bits per heavy atom. The van der Waals surface area contributed by atoms with Gasteiger partial charge in [0, 0.05) is 26.1 Å². The Balaban J connectivity index is 1.54. The molecule has 5 heteroatoms. The maximum atomic E-state index is 11.9. The second-order valence-corrected chi connectivity index (χ2v) is 15.8. The molecule has 0 spiro atoms. The third-order valence-electron chi connectivity index (χ3n) is 7.86. The van der Waals surface area contributed by atoms with E-state index in [1.165, 1.54) is 22.9 Å². The molecule has 3 aromatic carbocycles. The Morgan fingerprint density at radius 1 is 0.842 bits per heavy atom. The summed E-state index contributed by atoms with van der Waals surface area (Å²) in [6.45, 7) is 10.3. The summed E-state index contributed by atoms with van der Waals surface area (Å²) >= 11 is 0. The van der Waals surface area contributed by atoms with E-state index < -0.39 is 8.32 Å². The van der Waals surface area contributed by atoms with Crippen LogP contribution in [0.25, 0.3) is 0 Å². The minimum atomic E-state index is -2.62. The average molecular weight is 531 g/mol. The molecule has 0 bridgehead atoms. The number of carbonyl (C=O) groups excluding carboxylic acids is 1. The van der Waals surface area contributed by atoms with Crippen molar-refractivity contribution in [3.05, 3.63) is 96.6 Å². The highest BCUT2D eigenvalue weighted by atomic mass is 28.4. The first-order valence-electron chi connectivity index (χ1n) is 13.8. The summed E-state index contributed by atoms with van der Waals surface area (Å²) in [7, 11) is -2.62. The van der Waals surface area contributed by atoms with E-state index in [9.17, 15) is 4.79 Å². The van der Waals surface area contributed by atoms with Crippen molar-refractivity contribution in [2.24, 2.45) is 11.8 Å². The number of hydrogen-bond acceptors (Lipinski definition) is 4. The van der Waals surface area contributed by atoms with Gasteiger partial charge in [0.05, 0.1) is 6.61 Å². The molecular weight excluding hydrogens is 488 g/mol. The third kappa shape index (κ3) is 6.63. The summed E-state index contributed by atoms with van der Waals surface area (Å²) in [6.07, 6.45) is 2.62. The van der Waals surface area contributed by atoms with Gasteiger partial charge in [-0.25, -0.2) is 0 Å². The van der Waals surface area contributed by atoms with Crippen LogP contribution >= 0.6 is 0 Å². The minimum Gasteiger partial charge on any atom is -0.462 e. The third-order valence-corrected chi connectivity index (χ3v) is 12.9. The standard InChI is InChI=1S/C33H42O4Si/c1-26(34)37-32-21-20-28(31(32)22-23-35-24-27-14-8-5-9-15-27)25-36-38(33(2,3)4,29-16-10-6-11-17-29)30-18-12-7-13-19-30/h5-19,28,31-32H,20-25H2,1-4H3/t28-,31-,32+/m0/s1. The summed E-state index contributed by atoms with van der Waals surface area (Å²) < 4.78 is 19.1. The van der Waals surface area contributed by atoms with Gasteiger partial charge < -0.3 is 13.9 Å². The molecule has 38 heavy (non-hydrogen) atoms. The zero-order valence-electron chi connectivity index (χ0n) is 23.3. The summed E-state index contributed by atoms with van der Waals surface area (Å²) in [5, 5.41) is 2.50. The van der Waals surface area contributed by atoms with Crippen LogP contribution in [0.1, 0.15) is 52.5 Å². The summed E-state index contributed by atoms with van der Waals surface area (Å²) in [5.74, 6) is 0.313. The number of esters is 1. The van der Waals surface area contributed by atoms with Crippen molar-refractivity contribution < 1.29 is 18.7 Å². The molecule has 1 aliphatic carbocycles. The molecule has 0 aliphatic heterocycles. The van der Waals surface area contributed by atoms with Crippen LogP contribution < -0.4 is 10.4 Å². The molecule has 0 N–H and O–H groups in total. The van der Waals surface area contributed by atoms with Crippen LogP contribution in [0.3, 0.4) is 0 Å². The quantitative estimate of drug-likeness (QED) is 0.170. The van der Waals surface area contributed by atoms with Gasteiger partial charge in [-0.3, -0.25) is 4.79 Å². The first-order valence-corrected chi connectivity index (χ1v) is 15.8. The van der Waals surface area contributed by atoms with Gasteiger partial charge >= 0.3 is 5.97 Å². The molecule has 202 valence electrons. The van der Waals surface area contributed by atoms with Crippen LogP contribution in [-0.4, -0.2) is 33.6 Å². The highest BCUT2D eigenvalue weighted by molar-refractivity contribution is 6.99. The molecule has 0 saturated heterocycles. The molecule has 1 aliphatic rings. The van der Waals surface area contributed by atoms with Crippen LogP contribution in [-0.2, 0) is 25.3 Å². The maximum Gasteiger partial charge on any atom is 0.302 e. The lowest BCUT2D eigenvalue weighted by Crippen LogP contribution is -2.67. The monoisotopic (exact) mass is 530 g/mol. The van der Waals surface area contributed by atoms with E-state index >= 15 is 0 Å². The van der Waals surface area contributed by atoms with Crippen molar-refractivity contribution in [1.82, 2.24) is 0 Å². The zero-order chi connectivity index (χ0) is 27.0. The average Bonchev–Trinajstić information content (AvgIpc) is 3.28. The van der Waals surface area contributed by atoms with Crippen LogP contribution in [0.2, 0.25) is 5.04 Å². The molecule has 4 rings (SSSR count). The van der Waals surface area contributed by atoms with E-state index in [2.05, 4.69) is 93.6 Å². The van der Waals surface area contributed by atoms with Gasteiger partial charge in [0.25, 0.3) is 8.32 Å². The summed E-state index contributed by atoms with van der Waals surface area (Å²) in [6, 6.07) is 31.8. The lowest BCUT2D eigenvalue weighted by molar-refractivity contribution is -0.148. The molecule has 4 nitrogen and oxygen atoms in total. The molecule has 1 saturated carbocycles. The number of benzene rings is 3. The Bertz CT molecular complexity index is 1090. The zero-order valence-corrected chi connectivity index (χ0v) is 24.3. The number of rotatable bonds is 11. The highest BCUT2D eigenvalue weighted by Crippen LogP contribution is 2.41. The molecule has 0 amide bonds. The smallest absolute Gasteiger partial charge is 0.302 e. The van der Waals surface area contributed by atoms with Crippen molar-refractivity contribution in [2.45, 2.75) is 64.7 Å². The Kier molecular flexibility index (Phi) is 9.58. The van der Waals surface area contributed by atoms with Gasteiger partial charge in [-0.05, 0) is 46.2 Å². The van der Waals surface area contributed by atoms with Gasteiger partial charge in [-0.15, -0.1) is 0 Å². The molecule has 0 radical (unpaired) electrons. The molecule has 3 aromatic rings. The number of carbonyl (C=O) groups is 1. The second kappa shape index (κ2) is 12.9. The van der Waals surface area contributed by atoms with Gasteiger partial charge in [-0.2, -0.15) is 0 Å². The van der Waals surface area contributed by atoms with Crippen molar-refractivity contribution in [3.63, 3.8) is 0 Å². The highest BCUT2D eigenvalue weighted by Gasteiger charge is 2.51. The maximum absolute atomic E-state index is 11.9. The SMILES string of the molecule is CC(=O)O[C@@H]1CC[C@@H](CO[Si](c2ccccc2)(c2ccccc2)C(C)(C)C)[C@@H]1CCOCc1ccccc1. The van der Waals surface area contributed by atoms with Gasteiger partial charge in [0.2, 0.25) is 0 Å². The largest absolute Gasteiger partial charge is 0.462 e. The molecule has 0 unspecified atom stereocenters. The van der Waals surface area contributed by atoms with Crippen LogP contribution in [0.5, 0.6) is 0 Å². The van der Waals surface area contributed by atoms with Crippen molar-refractivity contribution >= 4 is 24.7 Å². The Labute approximate surface area is 229 Å². The minimum absolute atomic E-state index is 0.0715. The fourth-order valence-corrected chi connectivity index (χ4v) is 10.7. The lowest BCUT2D eigenvalue weighted by atomic mass is 9.92. The fraction of sp³-hybridized carbons (Fsp3) is 0.424. The predicted molar refractivity (Wildman–Crippen MR) is 156 cm³/mol. The van der Waals surface area contributed by atoms with E-state index in [4.69, 9.17) is 13.9 Å². The van der Waals surface area contributed by atoms with Crippen molar-refractivity contribution in [1.29, 1.82) is 0 Å². The molecule has 3 atom stereocenters.